The Balaban J connectivity index is 2.37. The summed E-state index contributed by atoms with van der Waals surface area (Å²) in [5.41, 5.74) is 0. The van der Waals surface area contributed by atoms with Gasteiger partial charge in [-0.25, -0.2) is 9.69 Å². The SMILES string of the molecule is CC(=O)SCN1CC(=O)N(COCC[Si](C)(C)C)C1=O. The standard InChI is InChI=1S/C12H22N2O4SSi/c1-10(15)19-9-13-7-11(16)14(12(13)17)8-18-5-6-20(2,3)4/h5-9H2,1-4H3. The van der Waals surface area contributed by atoms with E-state index in [4.69, 9.17) is 4.74 Å². The Hall–Kier alpha value is -0.863. The van der Waals surface area contributed by atoms with Gasteiger partial charge in [0.2, 0.25) is 0 Å². The zero-order valence-corrected chi connectivity index (χ0v) is 14.3. The van der Waals surface area contributed by atoms with E-state index in [9.17, 15) is 14.4 Å². The van der Waals surface area contributed by atoms with E-state index in [0.29, 0.717) is 6.61 Å². The van der Waals surface area contributed by atoms with Crippen molar-refractivity contribution >= 4 is 36.9 Å². The van der Waals surface area contributed by atoms with Crippen molar-refractivity contribution in [3.63, 3.8) is 0 Å². The minimum absolute atomic E-state index is 0.00336. The highest BCUT2D eigenvalue weighted by molar-refractivity contribution is 8.13. The van der Waals surface area contributed by atoms with Gasteiger partial charge < -0.3 is 9.64 Å². The third-order valence-corrected chi connectivity index (χ3v) is 5.32. The molecule has 0 radical (unpaired) electrons. The number of nitrogens with zero attached hydrogens (tertiary/aromatic N) is 2. The van der Waals surface area contributed by atoms with Crippen molar-refractivity contribution in [1.82, 2.24) is 9.80 Å². The molecule has 1 fully saturated rings. The Morgan fingerprint density at radius 2 is 2.00 bits per heavy atom. The molecule has 0 aromatic heterocycles. The van der Waals surface area contributed by atoms with Crippen molar-refractivity contribution in [2.24, 2.45) is 0 Å². The topological polar surface area (TPSA) is 66.9 Å². The number of carbonyl (C=O) groups excluding carboxylic acids is 3. The fraction of sp³-hybridized carbons (Fsp3) is 0.750. The van der Waals surface area contributed by atoms with E-state index in [1.165, 1.54) is 11.8 Å². The largest absolute Gasteiger partial charge is 0.361 e. The lowest BCUT2D eigenvalue weighted by atomic mass is 10.6. The summed E-state index contributed by atoms with van der Waals surface area (Å²) >= 11 is 1.02. The van der Waals surface area contributed by atoms with Crippen LogP contribution in [0.5, 0.6) is 0 Å². The maximum absolute atomic E-state index is 12.0. The average molecular weight is 318 g/mol. The zero-order valence-electron chi connectivity index (χ0n) is 12.5. The van der Waals surface area contributed by atoms with Crippen LogP contribution in [0.25, 0.3) is 0 Å². The second-order valence-electron chi connectivity index (χ2n) is 5.92. The Morgan fingerprint density at radius 3 is 2.55 bits per heavy atom. The molecule has 0 N–H and O–H groups in total. The molecule has 0 spiro atoms. The first-order valence-corrected chi connectivity index (χ1v) is 11.2. The first-order valence-electron chi connectivity index (χ1n) is 6.51. The number of rotatable bonds is 7. The van der Waals surface area contributed by atoms with Gasteiger partial charge in [-0.05, 0) is 6.04 Å². The second kappa shape index (κ2) is 7.23. The predicted octanol–water partition coefficient (Wildman–Crippen LogP) is 1.80. The summed E-state index contributed by atoms with van der Waals surface area (Å²) < 4.78 is 5.43. The minimum Gasteiger partial charge on any atom is -0.361 e. The predicted molar refractivity (Wildman–Crippen MR) is 81.1 cm³/mol. The summed E-state index contributed by atoms with van der Waals surface area (Å²) in [6.07, 6.45) is 0. The van der Waals surface area contributed by atoms with Crippen molar-refractivity contribution in [3.05, 3.63) is 0 Å². The van der Waals surface area contributed by atoms with Crippen molar-refractivity contribution in [3.8, 4) is 0 Å². The van der Waals surface area contributed by atoms with Gasteiger partial charge in [-0.3, -0.25) is 9.59 Å². The molecule has 0 aromatic carbocycles. The maximum atomic E-state index is 12.0. The number of thioether (sulfide) groups is 1. The van der Waals surface area contributed by atoms with Crippen LogP contribution in [-0.4, -0.2) is 60.7 Å². The Labute approximate surface area is 124 Å². The summed E-state index contributed by atoms with van der Waals surface area (Å²) in [6.45, 7) is 8.74. The summed E-state index contributed by atoms with van der Waals surface area (Å²) in [6, 6.07) is 0.615. The van der Waals surface area contributed by atoms with Crippen LogP contribution in [-0.2, 0) is 14.3 Å². The lowest BCUT2D eigenvalue weighted by Crippen LogP contribution is -2.35. The van der Waals surface area contributed by atoms with Crippen LogP contribution in [0, 0.1) is 0 Å². The number of hydrogen-bond acceptors (Lipinski definition) is 5. The third-order valence-electron chi connectivity index (χ3n) is 2.77. The van der Waals surface area contributed by atoms with Gasteiger partial charge in [0.15, 0.2) is 5.12 Å². The van der Waals surface area contributed by atoms with E-state index in [-0.39, 0.29) is 36.2 Å². The summed E-state index contributed by atoms with van der Waals surface area (Å²) in [4.78, 5) is 37.0. The summed E-state index contributed by atoms with van der Waals surface area (Å²) in [5.74, 6) is -0.0575. The molecule has 1 aliphatic heterocycles. The molecule has 1 saturated heterocycles. The molecule has 0 aliphatic carbocycles. The number of imide groups is 1. The summed E-state index contributed by atoms with van der Waals surface area (Å²) in [7, 11) is -1.17. The number of amides is 3. The molecule has 0 unspecified atom stereocenters. The van der Waals surface area contributed by atoms with Gasteiger partial charge in [-0.15, -0.1) is 0 Å². The molecule has 20 heavy (non-hydrogen) atoms. The van der Waals surface area contributed by atoms with Crippen LogP contribution in [0.4, 0.5) is 4.79 Å². The zero-order chi connectivity index (χ0) is 15.3. The average Bonchev–Trinajstić information content (AvgIpc) is 2.57. The van der Waals surface area contributed by atoms with Crippen LogP contribution >= 0.6 is 11.8 Å². The van der Waals surface area contributed by atoms with Gasteiger partial charge in [0.1, 0.15) is 13.3 Å². The maximum Gasteiger partial charge on any atom is 0.329 e. The van der Waals surface area contributed by atoms with Crippen molar-refractivity contribution in [2.45, 2.75) is 32.6 Å². The van der Waals surface area contributed by atoms with Gasteiger partial charge in [0.25, 0.3) is 5.91 Å². The highest BCUT2D eigenvalue weighted by atomic mass is 32.2. The molecule has 1 aliphatic rings. The van der Waals surface area contributed by atoms with Gasteiger partial charge in [-0.1, -0.05) is 31.4 Å². The number of urea groups is 1. The quantitative estimate of drug-likeness (QED) is 0.407. The lowest BCUT2D eigenvalue weighted by molar-refractivity contribution is -0.128. The molecule has 0 aromatic rings. The van der Waals surface area contributed by atoms with Crippen molar-refractivity contribution in [2.75, 3.05) is 25.8 Å². The number of ether oxygens (including phenoxy) is 1. The molecule has 8 heteroatoms. The molecular formula is C12H22N2O4SSi. The van der Waals surface area contributed by atoms with Gasteiger partial charge in [0.05, 0.1) is 5.88 Å². The van der Waals surface area contributed by atoms with E-state index >= 15 is 0 Å². The Bertz CT molecular complexity index is 397. The first-order chi connectivity index (χ1) is 9.20. The van der Waals surface area contributed by atoms with Crippen molar-refractivity contribution in [1.29, 1.82) is 0 Å². The monoisotopic (exact) mass is 318 g/mol. The molecule has 3 amide bonds. The van der Waals surface area contributed by atoms with Crippen LogP contribution in [0.3, 0.4) is 0 Å². The van der Waals surface area contributed by atoms with Crippen LogP contribution in [0.2, 0.25) is 25.7 Å². The summed E-state index contributed by atoms with van der Waals surface area (Å²) in [5, 5.41) is -0.0740. The molecule has 6 nitrogen and oxygen atoms in total. The van der Waals surface area contributed by atoms with Gasteiger partial charge in [-0.2, -0.15) is 0 Å². The Morgan fingerprint density at radius 1 is 1.35 bits per heavy atom. The fourth-order valence-electron chi connectivity index (χ4n) is 1.52. The third kappa shape index (κ3) is 5.64. The van der Waals surface area contributed by atoms with Gasteiger partial charge >= 0.3 is 6.03 Å². The van der Waals surface area contributed by atoms with E-state index < -0.39 is 8.07 Å². The van der Waals surface area contributed by atoms with E-state index in [0.717, 1.165) is 22.7 Å². The fourth-order valence-corrected chi connectivity index (χ4v) is 2.82. The molecule has 0 atom stereocenters. The molecule has 1 heterocycles. The highest BCUT2D eigenvalue weighted by Crippen LogP contribution is 2.15. The lowest BCUT2D eigenvalue weighted by Gasteiger charge is -2.18. The Kier molecular flexibility index (Phi) is 6.22. The van der Waals surface area contributed by atoms with E-state index in [1.54, 1.807) is 0 Å². The smallest absolute Gasteiger partial charge is 0.329 e. The van der Waals surface area contributed by atoms with Crippen LogP contribution in [0.15, 0.2) is 0 Å². The van der Waals surface area contributed by atoms with E-state index in [1.807, 2.05) is 0 Å². The normalized spacial score (nSPS) is 16.2. The molecule has 1 rings (SSSR count). The molecule has 0 bridgehead atoms. The van der Waals surface area contributed by atoms with Gasteiger partial charge in [0, 0.05) is 21.6 Å². The number of carbonyl (C=O) groups is 3. The number of hydrogen-bond donors (Lipinski definition) is 0. The molecular weight excluding hydrogens is 296 g/mol. The molecule has 0 saturated carbocycles. The van der Waals surface area contributed by atoms with E-state index in [2.05, 4.69) is 19.6 Å². The van der Waals surface area contributed by atoms with Crippen LogP contribution in [0.1, 0.15) is 6.92 Å². The van der Waals surface area contributed by atoms with Crippen LogP contribution < -0.4 is 0 Å². The highest BCUT2D eigenvalue weighted by Gasteiger charge is 2.36. The van der Waals surface area contributed by atoms with Crippen molar-refractivity contribution < 1.29 is 19.1 Å². The molecule has 114 valence electrons. The second-order valence-corrected chi connectivity index (χ2v) is 12.7. The first kappa shape index (κ1) is 17.2. The minimum atomic E-state index is -1.17.